The molecular weight excluding hydrogens is 524 g/mol. The molecule has 3 aromatic carbocycles. The summed E-state index contributed by atoms with van der Waals surface area (Å²) in [6.45, 7) is -0.303. The highest BCUT2D eigenvalue weighted by atomic mass is 35.5. The van der Waals surface area contributed by atoms with Crippen molar-refractivity contribution < 1.29 is 34.1 Å². The highest BCUT2D eigenvalue weighted by molar-refractivity contribution is 6.30. The highest BCUT2D eigenvalue weighted by Crippen LogP contribution is 2.21. The van der Waals surface area contributed by atoms with Gasteiger partial charge in [-0.2, -0.15) is 0 Å². The summed E-state index contributed by atoms with van der Waals surface area (Å²) >= 11 is 5.92. The number of carboxylic acid groups (broad SMARTS) is 2. The molecule has 0 aliphatic heterocycles. The molecule has 0 aromatic heterocycles. The number of hydrogen-bond acceptors (Lipinski definition) is 5. The summed E-state index contributed by atoms with van der Waals surface area (Å²) in [5.74, 6) is -3.52. The normalized spacial score (nSPS) is 11.3. The van der Waals surface area contributed by atoms with Crippen LogP contribution >= 0.6 is 11.6 Å². The second-order valence-corrected chi connectivity index (χ2v) is 9.23. The Bertz CT molecular complexity index is 1300. The maximum Gasteiger partial charge on any atom is 0.341 e. The highest BCUT2D eigenvalue weighted by Gasteiger charge is 2.23. The van der Waals surface area contributed by atoms with Gasteiger partial charge in [-0.3, -0.25) is 9.59 Å². The summed E-state index contributed by atoms with van der Waals surface area (Å²) in [5.41, 5.74) is 1.72. The number of carboxylic acids is 2. The third kappa shape index (κ3) is 9.46. The Morgan fingerprint density at radius 2 is 1.56 bits per heavy atom. The van der Waals surface area contributed by atoms with E-state index in [1.165, 1.54) is 18.2 Å². The predicted molar refractivity (Wildman–Crippen MR) is 145 cm³/mol. The molecule has 0 heterocycles. The van der Waals surface area contributed by atoms with E-state index in [-0.39, 0.29) is 17.7 Å². The van der Waals surface area contributed by atoms with Crippen LogP contribution < -0.4 is 15.4 Å². The Hall–Kier alpha value is -4.37. The van der Waals surface area contributed by atoms with E-state index < -0.39 is 36.4 Å². The first kappa shape index (κ1) is 29.2. The van der Waals surface area contributed by atoms with Crippen LogP contribution in [0.4, 0.5) is 0 Å². The fourth-order valence-electron chi connectivity index (χ4n) is 3.85. The predicted octanol–water partition coefficient (Wildman–Crippen LogP) is 3.98. The molecule has 0 aliphatic rings. The zero-order valence-corrected chi connectivity index (χ0v) is 21.8. The lowest BCUT2D eigenvalue weighted by atomic mass is 10.0. The van der Waals surface area contributed by atoms with E-state index in [4.69, 9.17) is 21.4 Å². The van der Waals surface area contributed by atoms with Gasteiger partial charge in [0.15, 0.2) is 6.61 Å². The van der Waals surface area contributed by atoms with Gasteiger partial charge in [-0.1, -0.05) is 48.0 Å². The summed E-state index contributed by atoms with van der Waals surface area (Å²) in [5, 5.41) is 24.7. The Balaban J connectivity index is 1.67. The number of aromatic carboxylic acids is 1. The third-order valence-electron chi connectivity index (χ3n) is 5.83. The largest absolute Gasteiger partial charge is 0.481 e. The number of unbranched alkanes of at least 4 members (excludes halogenated alkanes) is 1. The van der Waals surface area contributed by atoms with Crippen molar-refractivity contribution >= 4 is 35.4 Å². The maximum absolute atomic E-state index is 13.1. The maximum atomic E-state index is 13.1. The minimum Gasteiger partial charge on any atom is -0.481 e. The zero-order valence-electron chi connectivity index (χ0n) is 21.1. The van der Waals surface area contributed by atoms with E-state index in [1.54, 1.807) is 30.3 Å². The summed E-state index contributed by atoms with van der Waals surface area (Å²) < 4.78 is 5.07. The van der Waals surface area contributed by atoms with Crippen LogP contribution in [0.25, 0.3) is 0 Å². The van der Waals surface area contributed by atoms with Gasteiger partial charge in [0.2, 0.25) is 5.91 Å². The Kier molecular flexibility index (Phi) is 10.9. The molecule has 9 nitrogen and oxygen atoms in total. The molecule has 39 heavy (non-hydrogen) atoms. The second kappa shape index (κ2) is 14.5. The lowest BCUT2D eigenvalue weighted by Gasteiger charge is -2.19. The lowest BCUT2D eigenvalue weighted by Crippen LogP contribution is -2.48. The van der Waals surface area contributed by atoms with E-state index in [1.807, 2.05) is 24.3 Å². The molecule has 0 radical (unpaired) electrons. The molecule has 0 spiro atoms. The average molecular weight is 553 g/mol. The SMILES string of the molecule is O=C(O)COc1ccc(C[C@H](NC(=O)c2ccccc2)C(=O)NCCCCc2ccc(Cl)cc2)cc1C(=O)O. The number of amides is 2. The van der Waals surface area contributed by atoms with Crippen LogP contribution in [0.3, 0.4) is 0 Å². The minimum atomic E-state index is -1.31. The van der Waals surface area contributed by atoms with E-state index in [0.29, 0.717) is 29.1 Å². The number of aliphatic carboxylic acids is 1. The first-order chi connectivity index (χ1) is 18.7. The van der Waals surface area contributed by atoms with Gasteiger partial charge in [-0.05, 0) is 66.8 Å². The number of ether oxygens (including phenoxy) is 1. The van der Waals surface area contributed by atoms with E-state index in [2.05, 4.69) is 10.6 Å². The van der Waals surface area contributed by atoms with Crippen molar-refractivity contribution in [2.45, 2.75) is 31.7 Å². The smallest absolute Gasteiger partial charge is 0.341 e. The number of rotatable bonds is 14. The third-order valence-corrected chi connectivity index (χ3v) is 6.08. The van der Waals surface area contributed by atoms with E-state index in [9.17, 15) is 24.3 Å². The molecule has 0 bridgehead atoms. The van der Waals surface area contributed by atoms with Gasteiger partial charge in [0.05, 0.1) is 0 Å². The summed E-state index contributed by atoms with van der Waals surface area (Å²) in [6.07, 6.45) is 2.39. The fraction of sp³-hybridized carbons (Fsp3) is 0.241. The molecular formula is C29H29ClN2O7. The topological polar surface area (TPSA) is 142 Å². The molecule has 3 aromatic rings. The summed E-state index contributed by atoms with van der Waals surface area (Å²) in [7, 11) is 0. The van der Waals surface area contributed by atoms with Gasteiger partial charge >= 0.3 is 11.9 Å². The number of halogens is 1. The van der Waals surface area contributed by atoms with Gasteiger partial charge in [-0.25, -0.2) is 9.59 Å². The second-order valence-electron chi connectivity index (χ2n) is 8.79. The first-order valence-corrected chi connectivity index (χ1v) is 12.7. The zero-order chi connectivity index (χ0) is 28.2. The van der Waals surface area contributed by atoms with Crippen molar-refractivity contribution in [3.63, 3.8) is 0 Å². The number of carbonyl (C=O) groups excluding carboxylic acids is 2. The van der Waals surface area contributed by atoms with Crippen molar-refractivity contribution in [3.05, 3.63) is 100 Å². The standard InChI is InChI=1S/C29H29ClN2O7/c30-22-12-9-19(10-13-22)6-4-5-15-31-28(36)24(32-27(35)21-7-2-1-3-8-21)17-20-11-14-25(39-18-26(33)34)23(16-20)29(37)38/h1-3,7-14,16,24H,4-6,15,17-18H2,(H,31,36)(H,32,35)(H,33,34)(H,37,38)/t24-/m0/s1. The lowest BCUT2D eigenvalue weighted by molar-refractivity contribution is -0.139. The molecule has 0 aliphatic carbocycles. The Morgan fingerprint density at radius 1 is 0.872 bits per heavy atom. The van der Waals surface area contributed by atoms with E-state index >= 15 is 0 Å². The fourth-order valence-corrected chi connectivity index (χ4v) is 3.98. The number of aryl methyl sites for hydroxylation is 1. The Labute approximate surface area is 230 Å². The van der Waals surface area contributed by atoms with Crippen molar-refractivity contribution in [3.8, 4) is 5.75 Å². The molecule has 0 saturated heterocycles. The number of carbonyl (C=O) groups is 4. The average Bonchev–Trinajstić information content (AvgIpc) is 2.92. The van der Waals surface area contributed by atoms with Crippen molar-refractivity contribution in [2.75, 3.05) is 13.2 Å². The van der Waals surface area contributed by atoms with E-state index in [0.717, 1.165) is 18.4 Å². The summed E-state index contributed by atoms with van der Waals surface area (Å²) in [4.78, 5) is 48.5. The molecule has 2 amide bonds. The molecule has 0 unspecified atom stereocenters. The number of benzene rings is 3. The summed E-state index contributed by atoms with van der Waals surface area (Å²) in [6, 6.07) is 19.2. The van der Waals surface area contributed by atoms with Crippen LogP contribution in [-0.4, -0.2) is 53.2 Å². The quantitative estimate of drug-likeness (QED) is 0.222. The van der Waals surface area contributed by atoms with Gasteiger partial charge < -0.3 is 25.6 Å². The van der Waals surface area contributed by atoms with Crippen LogP contribution in [0.5, 0.6) is 5.75 Å². The number of hydrogen-bond donors (Lipinski definition) is 4. The van der Waals surface area contributed by atoms with Crippen LogP contribution in [0.15, 0.2) is 72.8 Å². The van der Waals surface area contributed by atoms with Gasteiger partial charge in [0, 0.05) is 23.6 Å². The molecule has 0 saturated carbocycles. The van der Waals surface area contributed by atoms with Crippen LogP contribution in [0, 0.1) is 0 Å². The van der Waals surface area contributed by atoms with Crippen LogP contribution in [0.1, 0.15) is 44.7 Å². The number of nitrogens with one attached hydrogen (secondary N) is 2. The van der Waals surface area contributed by atoms with Gasteiger partial charge in [-0.15, -0.1) is 0 Å². The molecule has 4 N–H and O–H groups in total. The van der Waals surface area contributed by atoms with Crippen LogP contribution in [-0.2, 0) is 22.4 Å². The van der Waals surface area contributed by atoms with Crippen LogP contribution in [0.2, 0.25) is 5.02 Å². The first-order valence-electron chi connectivity index (χ1n) is 12.3. The monoisotopic (exact) mass is 552 g/mol. The van der Waals surface area contributed by atoms with Crippen molar-refractivity contribution in [1.29, 1.82) is 0 Å². The Morgan fingerprint density at radius 3 is 2.23 bits per heavy atom. The van der Waals surface area contributed by atoms with Gasteiger partial charge in [0.1, 0.15) is 17.4 Å². The van der Waals surface area contributed by atoms with Gasteiger partial charge in [0.25, 0.3) is 5.91 Å². The minimum absolute atomic E-state index is 0.00860. The van der Waals surface area contributed by atoms with Crippen molar-refractivity contribution in [2.24, 2.45) is 0 Å². The molecule has 204 valence electrons. The molecule has 1 atom stereocenters. The molecule has 3 rings (SSSR count). The van der Waals surface area contributed by atoms with Crippen molar-refractivity contribution in [1.82, 2.24) is 10.6 Å². The molecule has 10 heteroatoms. The molecule has 0 fully saturated rings.